The van der Waals surface area contributed by atoms with Crippen molar-refractivity contribution in [3.05, 3.63) is 65.4 Å². The van der Waals surface area contributed by atoms with E-state index < -0.39 is 0 Å². The van der Waals surface area contributed by atoms with Crippen LogP contribution in [-0.2, 0) is 11.3 Å². The first kappa shape index (κ1) is 22.3. The van der Waals surface area contributed by atoms with E-state index in [1.54, 1.807) is 6.20 Å². The predicted octanol–water partition coefficient (Wildman–Crippen LogP) is 3.30. The molecular weight excluding hydrogens is 436 g/mol. The van der Waals surface area contributed by atoms with Crippen LogP contribution >= 0.6 is 0 Å². The lowest BCUT2D eigenvalue weighted by atomic mass is 9.99. The van der Waals surface area contributed by atoms with Crippen molar-refractivity contribution in [1.82, 2.24) is 15.2 Å². The van der Waals surface area contributed by atoms with Gasteiger partial charge in [-0.25, -0.2) is 0 Å². The maximum atomic E-state index is 9.55. The van der Waals surface area contributed by atoms with Crippen molar-refractivity contribution in [3.63, 3.8) is 0 Å². The van der Waals surface area contributed by atoms with Gasteiger partial charge in [-0.15, -0.1) is 0 Å². The minimum atomic E-state index is 0.349. The van der Waals surface area contributed by atoms with Gasteiger partial charge in [0.1, 0.15) is 6.07 Å². The van der Waals surface area contributed by atoms with Crippen LogP contribution in [0, 0.1) is 11.3 Å². The van der Waals surface area contributed by atoms with E-state index in [1.807, 2.05) is 19.2 Å². The number of rotatable bonds is 3. The molecule has 2 saturated heterocycles. The summed E-state index contributed by atoms with van der Waals surface area (Å²) in [6.45, 7) is 8.65. The largest absolute Gasteiger partial charge is 0.378 e. The van der Waals surface area contributed by atoms with Crippen LogP contribution in [0.25, 0.3) is 10.9 Å². The fourth-order valence-corrected chi connectivity index (χ4v) is 6.05. The molecular formula is C28H32N6O. The van der Waals surface area contributed by atoms with Gasteiger partial charge in [0.05, 0.1) is 30.3 Å². The Hall–Kier alpha value is -3.18. The van der Waals surface area contributed by atoms with Crippen LogP contribution in [0.15, 0.2) is 48.7 Å². The molecule has 1 unspecified atom stereocenters. The zero-order valence-electron chi connectivity index (χ0n) is 20.4. The van der Waals surface area contributed by atoms with E-state index in [0.717, 1.165) is 56.8 Å². The zero-order chi connectivity index (χ0) is 23.9. The van der Waals surface area contributed by atoms with Gasteiger partial charge >= 0.3 is 0 Å². The third-order valence-electron chi connectivity index (χ3n) is 7.93. The molecule has 1 aromatic heterocycles. The van der Waals surface area contributed by atoms with Gasteiger partial charge in [0.2, 0.25) is 0 Å². The van der Waals surface area contributed by atoms with E-state index in [4.69, 9.17) is 4.74 Å². The van der Waals surface area contributed by atoms with Gasteiger partial charge in [-0.2, -0.15) is 5.26 Å². The Kier molecular flexibility index (Phi) is 5.81. The number of ether oxygens (including phenoxy) is 1. The van der Waals surface area contributed by atoms with E-state index >= 15 is 0 Å². The topological polar surface area (TPSA) is 67.7 Å². The number of hydrogen-bond donors (Lipinski definition) is 1. The third kappa shape index (κ3) is 3.92. The van der Waals surface area contributed by atoms with Crippen molar-refractivity contribution < 1.29 is 4.74 Å². The fourth-order valence-electron chi connectivity index (χ4n) is 6.05. The number of nitriles is 1. The van der Waals surface area contributed by atoms with Crippen molar-refractivity contribution in [3.8, 4) is 6.07 Å². The first-order valence-electron chi connectivity index (χ1n) is 12.6. The van der Waals surface area contributed by atoms with Gasteiger partial charge in [0.15, 0.2) is 0 Å². The summed E-state index contributed by atoms with van der Waals surface area (Å²) in [5.74, 6) is 0. The second-order valence-electron chi connectivity index (χ2n) is 9.98. The lowest BCUT2D eigenvalue weighted by molar-refractivity contribution is 0.134. The highest BCUT2D eigenvalue weighted by molar-refractivity contribution is 5.95. The van der Waals surface area contributed by atoms with Gasteiger partial charge < -0.3 is 19.9 Å². The molecule has 0 saturated carbocycles. The smallest absolute Gasteiger partial charge is 0.101 e. The van der Waals surface area contributed by atoms with Crippen LogP contribution in [0.2, 0.25) is 0 Å². The number of piperazine rings is 1. The van der Waals surface area contributed by atoms with Gasteiger partial charge in [0.25, 0.3) is 0 Å². The molecule has 0 radical (unpaired) electrons. The molecule has 6 rings (SSSR count). The molecule has 1 N–H and O–H groups in total. The fraction of sp³-hybridized carbons (Fsp3) is 0.429. The zero-order valence-corrected chi connectivity index (χ0v) is 20.4. The van der Waals surface area contributed by atoms with Gasteiger partial charge in [-0.05, 0) is 61.5 Å². The Morgan fingerprint density at radius 1 is 1.11 bits per heavy atom. The minimum Gasteiger partial charge on any atom is -0.378 e. The van der Waals surface area contributed by atoms with E-state index in [0.29, 0.717) is 23.7 Å². The monoisotopic (exact) mass is 468 g/mol. The number of likely N-dealkylation sites (N-methyl/N-ethyl adjacent to an activating group) is 1. The maximum absolute atomic E-state index is 9.55. The molecule has 0 bridgehead atoms. The Morgan fingerprint density at radius 3 is 2.89 bits per heavy atom. The highest BCUT2D eigenvalue weighted by atomic mass is 16.5. The normalized spacial score (nSPS) is 24.7. The van der Waals surface area contributed by atoms with E-state index in [2.05, 4.69) is 68.3 Å². The molecule has 3 atom stereocenters. The molecule has 0 amide bonds. The maximum Gasteiger partial charge on any atom is 0.101 e. The molecule has 35 heavy (non-hydrogen) atoms. The summed E-state index contributed by atoms with van der Waals surface area (Å²) in [6, 6.07) is 18.6. The second-order valence-corrected chi connectivity index (χ2v) is 9.98. The summed E-state index contributed by atoms with van der Waals surface area (Å²) in [4.78, 5) is 12.1. The minimum absolute atomic E-state index is 0.349. The number of fused-ring (bicyclic) bond motifs is 4. The SMILES string of the molecule is CNC1COCCN(c2ccc3c(c2)CN2[C@H](C)CN(c4ccc(C#N)c5ncccc45)C[C@H]32)C1. The van der Waals surface area contributed by atoms with Crippen molar-refractivity contribution >= 4 is 22.3 Å². The lowest BCUT2D eigenvalue weighted by Gasteiger charge is -2.44. The number of pyridine rings is 1. The number of benzene rings is 2. The second kappa shape index (κ2) is 9.12. The summed E-state index contributed by atoms with van der Waals surface area (Å²) < 4.78 is 5.79. The van der Waals surface area contributed by atoms with E-state index in [-0.39, 0.29) is 0 Å². The molecule has 7 heteroatoms. The molecule has 180 valence electrons. The summed E-state index contributed by atoms with van der Waals surface area (Å²) in [5.41, 5.74) is 6.78. The Labute approximate surface area is 206 Å². The number of hydrogen-bond acceptors (Lipinski definition) is 7. The first-order valence-corrected chi connectivity index (χ1v) is 12.6. The first-order chi connectivity index (χ1) is 17.2. The molecule has 0 spiro atoms. The number of aromatic nitrogens is 1. The van der Waals surface area contributed by atoms with E-state index in [9.17, 15) is 5.26 Å². The number of nitrogens with zero attached hydrogens (tertiary/aromatic N) is 5. The molecule has 3 aliphatic rings. The molecule has 3 aromatic rings. The number of nitrogens with one attached hydrogen (secondary N) is 1. The van der Waals surface area contributed by atoms with Crippen molar-refractivity contribution in [2.24, 2.45) is 0 Å². The summed E-state index contributed by atoms with van der Waals surface area (Å²) in [5, 5.41) is 14.0. The molecule has 3 aliphatic heterocycles. The van der Waals surface area contributed by atoms with Gasteiger partial charge in [-0.1, -0.05) is 6.07 Å². The highest BCUT2D eigenvalue weighted by Crippen LogP contribution is 2.42. The van der Waals surface area contributed by atoms with Crippen LogP contribution in [0.5, 0.6) is 0 Å². The van der Waals surface area contributed by atoms with Crippen molar-refractivity contribution in [1.29, 1.82) is 5.26 Å². The molecule has 4 heterocycles. The lowest BCUT2D eigenvalue weighted by Crippen LogP contribution is -2.51. The Morgan fingerprint density at radius 2 is 2.03 bits per heavy atom. The molecule has 0 aliphatic carbocycles. The van der Waals surface area contributed by atoms with Crippen LogP contribution in [-0.4, -0.2) is 68.4 Å². The average molecular weight is 469 g/mol. The van der Waals surface area contributed by atoms with Gasteiger partial charge in [0, 0.05) is 67.8 Å². The van der Waals surface area contributed by atoms with Crippen LogP contribution < -0.4 is 15.1 Å². The summed E-state index contributed by atoms with van der Waals surface area (Å²) in [7, 11) is 2.01. The Bertz CT molecular complexity index is 1290. The molecule has 2 aromatic carbocycles. The van der Waals surface area contributed by atoms with Crippen molar-refractivity contribution in [2.45, 2.75) is 31.6 Å². The quantitative estimate of drug-likeness (QED) is 0.633. The molecule has 7 nitrogen and oxygen atoms in total. The predicted molar refractivity (Wildman–Crippen MR) is 139 cm³/mol. The molecule has 2 fully saturated rings. The van der Waals surface area contributed by atoms with Crippen LogP contribution in [0.1, 0.15) is 29.7 Å². The van der Waals surface area contributed by atoms with Gasteiger partial charge in [-0.3, -0.25) is 9.88 Å². The summed E-state index contributed by atoms with van der Waals surface area (Å²) >= 11 is 0. The Balaban J connectivity index is 1.30. The van der Waals surface area contributed by atoms with Crippen LogP contribution in [0.4, 0.5) is 11.4 Å². The van der Waals surface area contributed by atoms with Crippen LogP contribution in [0.3, 0.4) is 0 Å². The third-order valence-corrected chi connectivity index (χ3v) is 7.93. The average Bonchev–Trinajstić information content (AvgIpc) is 3.09. The summed E-state index contributed by atoms with van der Waals surface area (Å²) in [6.07, 6.45) is 1.77. The highest BCUT2D eigenvalue weighted by Gasteiger charge is 2.39. The standard InChI is InChI=1S/C28H32N6O/c1-19-14-33(26-8-5-20(13-29)28-25(26)4-3-9-31-28)17-27-24-7-6-23(12-21(24)15-34(19)27)32-10-11-35-18-22(16-32)30-2/h3-9,12,19,22,27,30H,10-11,14-18H2,1-2H3/t19-,22?,27-/m1/s1. The van der Waals surface area contributed by atoms with Crippen molar-refractivity contribution in [2.75, 3.05) is 56.2 Å². The number of anilines is 2. The van der Waals surface area contributed by atoms with E-state index in [1.165, 1.54) is 22.5 Å².